The van der Waals surface area contributed by atoms with Crippen LogP contribution in [0.3, 0.4) is 0 Å². The Labute approximate surface area is 117 Å². The van der Waals surface area contributed by atoms with Gasteiger partial charge in [0.25, 0.3) is 0 Å². The Bertz CT molecular complexity index is 390. The Morgan fingerprint density at radius 1 is 1.05 bits per heavy atom. The fourth-order valence-corrected chi connectivity index (χ4v) is 1.43. The summed E-state index contributed by atoms with van der Waals surface area (Å²) in [5.74, 6) is 0.795. The van der Waals surface area contributed by atoms with Crippen molar-refractivity contribution < 1.29 is 22.6 Å². The van der Waals surface area contributed by atoms with Crippen LogP contribution < -0.4 is 14.8 Å². The number of rotatable bonds is 7. The van der Waals surface area contributed by atoms with Crippen LogP contribution in [0.1, 0.15) is 20.8 Å². The topological polar surface area (TPSA) is 30.5 Å². The Morgan fingerprint density at radius 2 is 1.60 bits per heavy atom. The minimum Gasteiger partial charge on any atom is -0.492 e. The fraction of sp³-hybridized carbons (Fsp3) is 0.571. The van der Waals surface area contributed by atoms with Crippen molar-refractivity contribution in [3.05, 3.63) is 24.3 Å². The average Bonchev–Trinajstić information content (AvgIpc) is 2.34. The number of hydrogen-bond acceptors (Lipinski definition) is 3. The lowest BCUT2D eigenvalue weighted by Gasteiger charge is -2.17. The molecule has 114 valence electrons. The molecule has 3 nitrogen and oxygen atoms in total. The molecule has 0 saturated carbocycles. The summed E-state index contributed by atoms with van der Waals surface area (Å²) in [6.07, 6.45) is -4.67. The van der Waals surface area contributed by atoms with E-state index in [0.29, 0.717) is 30.9 Å². The molecule has 0 spiro atoms. The zero-order chi connectivity index (χ0) is 15.2. The molecule has 0 fully saturated rings. The quantitative estimate of drug-likeness (QED) is 0.779. The number of ether oxygens (including phenoxy) is 2. The SMILES string of the molecule is CC(C)C(C)NCCOc1ccc(OC(F)(F)F)cc1. The van der Waals surface area contributed by atoms with Crippen molar-refractivity contribution in [1.82, 2.24) is 5.32 Å². The molecule has 0 radical (unpaired) electrons. The Balaban J connectivity index is 2.32. The number of halogens is 3. The van der Waals surface area contributed by atoms with Crippen molar-refractivity contribution in [3.8, 4) is 11.5 Å². The van der Waals surface area contributed by atoms with Gasteiger partial charge < -0.3 is 14.8 Å². The van der Waals surface area contributed by atoms with Crippen LogP contribution in [-0.2, 0) is 0 Å². The summed E-state index contributed by atoms with van der Waals surface area (Å²) >= 11 is 0. The highest BCUT2D eigenvalue weighted by Gasteiger charge is 2.30. The fourth-order valence-electron chi connectivity index (χ4n) is 1.43. The number of hydrogen-bond donors (Lipinski definition) is 1. The number of benzene rings is 1. The van der Waals surface area contributed by atoms with Crippen LogP contribution in [0.15, 0.2) is 24.3 Å². The summed E-state index contributed by atoms with van der Waals surface area (Å²) < 4.78 is 45.1. The van der Waals surface area contributed by atoms with E-state index in [0.717, 1.165) is 0 Å². The molecule has 20 heavy (non-hydrogen) atoms. The molecule has 0 aromatic heterocycles. The van der Waals surface area contributed by atoms with Crippen molar-refractivity contribution in [2.24, 2.45) is 5.92 Å². The molecule has 0 heterocycles. The average molecular weight is 291 g/mol. The molecule has 1 rings (SSSR count). The predicted octanol–water partition coefficient (Wildman–Crippen LogP) is 3.60. The van der Waals surface area contributed by atoms with Gasteiger partial charge in [-0.25, -0.2) is 0 Å². The van der Waals surface area contributed by atoms with Gasteiger partial charge in [-0.1, -0.05) is 13.8 Å². The van der Waals surface area contributed by atoms with Gasteiger partial charge in [0, 0.05) is 12.6 Å². The van der Waals surface area contributed by atoms with E-state index in [2.05, 4.69) is 30.8 Å². The lowest BCUT2D eigenvalue weighted by molar-refractivity contribution is -0.274. The van der Waals surface area contributed by atoms with E-state index < -0.39 is 6.36 Å². The monoisotopic (exact) mass is 291 g/mol. The lowest BCUT2D eigenvalue weighted by atomic mass is 10.1. The molecule has 0 aliphatic rings. The standard InChI is InChI=1S/C14H20F3NO2/c1-10(2)11(3)18-8-9-19-12-4-6-13(7-5-12)20-14(15,16)17/h4-7,10-11,18H,8-9H2,1-3H3. The molecule has 1 unspecified atom stereocenters. The lowest BCUT2D eigenvalue weighted by Crippen LogP contribution is -2.33. The van der Waals surface area contributed by atoms with Gasteiger partial charge in [0.05, 0.1) is 0 Å². The summed E-state index contributed by atoms with van der Waals surface area (Å²) in [7, 11) is 0. The number of alkyl halides is 3. The van der Waals surface area contributed by atoms with Crippen LogP contribution in [0.2, 0.25) is 0 Å². The Kier molecular flexibility index (Phi) is 6.13. The van der Waals surface area contributed by atoms with Crippen LogP contribution in [0.4, 0.5) is 13.2 Å². The van der Waals surface area contributed by atoms with Crippen LogP contribution >= 0.6 is 0 Å². The van der Waals surface area contributed by atoms with Gasteiger partial charge in [0.1, 0.15) is 18.1 Å². The molecule has 1 aromatic rings. The van der Waals surface area contributed by atoms with Crippen molar-refractivity contribution >= 4 is 0 Å². The molecular weight excluding hydrogens is 271 g/mol. The second-order valence-corrected chi connectivity index (χ2v) is 4.85. The van der Waals surface area contributed by atoms with E-state index >= 15 is 0 Å². The zero-order valence-electron chi connectivity index (χ0n) is 11.8. The Morgan fingerprint density at radius 3 is 2.10 bits per heavy atom. The number of nitrogens with one attached hydrogen (secondary N) is 1. The van der Waals surface area contributed by atoms with Gasteiger partial charge in [0.15, 0.2) is 0 Å². The molecule has 0 saturated heterocycles. The van der Waals surface area contributed by atoms with E-state index in [4.69, 9.17) is 4.74 Å². The first kappa shape index (κ1) is 16.6. The van der Waals surface area contributed by atoms with E-state index in [1.165, 1.54) is 24.3 Å². The Hall–Kier alpha value is -1.43. The summed E-state index contributed by atoms with van der Waals surface area (Å²) in [5.41, 5.74) is 0. The van der Waals surface area contributed by atoms with Gasteiger partial charge in [0.2, 0.25) is 0 Å². The van der Waals surface area contributed by atoms with E-state index in [1.54, 1.807) is 0 Å². The second kappa shape index (κ2) is 7.38. The molecule has 0 amide bonds. The van der Waals surface area contributed by atoms with E-state index in [1.807, 2.05) is 0 Å². The minimum absolute atomic E-state index is 0.253. The first-order valence-electron chi connectivity index (χ1n) is 6.50. The van der Waals surface area contributed by atoms with Gasteiger partial charge in [-0.05, 0) is 37.1 Å². The van der Waals surface area contributed by atoms with Crippen LogP contribution in [0, 0.1) is 5.92 Å². The van der Waals surface area contributed by atoms with Gasteiger partial charge in [-0.3, -0.25) is 0 Å². The third kappa shape index (κ3) is 6.65. The predicted molar refractivity (Wildman–Crippen MR) is 70.9 cm³/mol. The van der Waals surface area contributed by atoms with E-state index in [-0.39, 0.29) is 5.75 Å². The van der Waals surface area contributed by atoms with Crippen molar-refractivity contribution in [1.29, 1.82) is 0 Å². The third-order valence-electron chi connectivity index (χ3n) is 2.89. The minimum atomic E-state index is -4.67. The maximum absolute atomic E-state index is 12.0. The normalized spacial score (nSPS) is 13.3. The first-order valence-corrected chi connectivity index (χ1v) is 6.50. The molecule has 1 atom stereocenters. The van der Waals surface area contributed by atoms with Gasteiger partial charge in [-0.15, -0.1) is 13.2 Å². The van der Waals surface area contributed by atoms with Gasteiger partial charge >= 0.3 is 6.36 Å². The maximum Gasteiger partial charge on any atom is 0.573 e. The third-order valence-corrected chi connectivity index (χ3v) is 2.89. The zero-order valence-corrected chi connectivity index (χ0v) is 11.8. The van der Waals surface area contributed by atoms with Crippen LogP contribution in [-0.4, -0.2) is 25.6 Å². The largest absolute Gasteiger partial charge is 0.573 e. The highest BCUT2D eigenvalue weighted by molar-refractivity contribution is 5.31. The van der Waals surface area contributed by atoms with Crippen molar-refractivity contribution in [2.45, 2.75) is 33.2 Å². The summed E-state index contributed by atoms with van der Waals surface area (Å²) in [4.78, 5) is 0. The maximum atomic E-state index is 12.0. The summed E-state index contributed by atoms with van der Waals surface area (Å²) in [5, 5.41) is 3.30. The second-order valence-electron chi connectivity index (χ2n) is 4.85. The highest BCUT2D eigenvalue weighted by Crippen LogP contribution is 2.24. The summed E-state index contributed by atoms with van der Waals surface area (Å²) in [6, 6.07) is 5.75. The molecular formula is C14H20F3NO2. The van der Waals surface area contributed by atoms with Crippen molar-refractivity contribution in [2.75, 3.05) is 13.2 Å². The summed E-state index contributed by atoms with van der Waals surface area (Å²) in [6.45, 7) is 7.47. The molecule has 0 aliphatic heterocycles. The molecule has 1 aromatic carbocycles. The van der Waals surface area contributed by atoms with E-state index in [9.17, 15) is 13.2 Å². The molecule has 0 bridgehead atoms. The molecule has 6 heteroatoms. The molecule has 0 aliphatic carbocycles. The van der Waals surface area contributed by atoms with Gasteiger partial charge in [-0.2, -0.15) is 0 Å². The van der Waals surface area contributed by atoms with Crippen molar-refractivity contribution in [3.63, 3.8) is 0 Å². The highest BCUT2D eigenvalue weighted by atomic mass is 19.4. The van der Waals surface area contributed by atoms with Crippen LogP contribution in [0.25, 0.3) is 0 Å². The smallest absolute Gasteiger partial charge is 0.492 e. The van der Waals surface area contributed by atoms with Crippen LogP contribution in [0.5, 0.6) is 11.5 Å². The first-order chi connectivity index (χ1) is 9.28. The molecule has 1 N–H and O–H groups in total.